The second kappa shape index (κ2) is 8.47. The maximum Gasteiger partial charge on any atom is 0.0698 e. The van der Waals surface area contributed by atoms with E-state index in [0.29, 0.717) is 17.4 Å². The first-order valence-corrected chi connectivity index (χ1v) is 8.67. The van der Waals surface area contributed by atoms with Crippen LogP contribution in [-0.2, 0) is 9.47 Å². The minimum Gasteiger partial charge on any atom is -0.381 e. The van der Waals surface area contributed by atoms with Crippen LogP contribution < -0.4 is 5.32 Å². The minimum atomic E-state index is 0.294. The molecule has 0 amide bonds. The van der Waals surface area contributed by atoms with Crippen LogP contribution in [0.5, 0.6) is 0 Å². The first-order chi connectivity index (χ1) is 10.1. The van der Waals surface area contributed by atoms with Gasteiger partial charge in [-0.25, -0.2) is 0 Å². The Hall–Kier alpha value is -0.160. The molecule has 2 fully saturated rings. The van der Waals surface area contributed by atoms with Crippen molar-refractivity contribution in [2.45, 2.75) is 45.6 Å². The van der Waals surface area contributed by atoms with Gasteiger partial charge in [0.2, 0.25) is 0 Å². The lowest BCUT2D eigenvalue weighted by Gasteiger charge is -2.43. The number of methoxy groups -OCH3 is 1. The second-order valence-corrected chi connectivity index (χ2v) is 7.42. The maximum absolute atomic E-state index is 5.84. The van der Waals surface area contributed by atoms with Gasteiger partial charge in [0.25, 0.3) is 0 Å². The van der Waals surface area contributed by atoms with Gasteiger partial charge in [-0.1, -0.05) is 13.8 Å². The molecule has 2 unspecified atom stereocenters. The Kier molecular flexibility index (Phi) is 6.93. The van der Waals surface area contributed by atoms with E-state index in [1.807, 2.05) is 7.11 Å². The Balaban J connectivity index is 1.88. The Bertz CT molecular complexity index is 291. The molecule has 124 valence electrons. The number of likely N-dealkylation sites (tertiary alicyclic amines) is 1. The highest BCUT2D eigenvalue weighted by atomic mass is 16.5. The number of hydrogen-bond acceptors (Lipinski definition) is 4. The van der Waals surface area contributed by atoms with Crippen LogP contribution in [0.4, 0.5) is 0 Å². The fraction of sp³-hybridized carbons (Fsp3) is 1.00. The van der Waals surface area contributed by atoms with Crippen LogP contribution in [0.3, 0.4) is 0 Å². The SMILES string of the molecule is COC1CCCN(CC2(CNCC(C)C)CCCOC2)C1. The highest BCUT2D eigenvalue weighted by Gasteiger charge is 2.35. The standard InChI is InChI=1S/C17H34N2O2/c1-15(2)10-18-12-17(7-5-9-21-14-17)13-19-8-4-6-16(11-19)20-3/h15-16,18H,4-14H2,1-3H3. The smallest absolute Gasteiger partial charge is 0.0698 e. The molecule has 2 atom stereocenters. The lowest BCUT2D eigenvalue weighted by molar-refractivity contribution is -0.0438. The van der Waals surface area contributed by atoms with Crippen molar-refractivity contribution in [3.63, 3.8) is 0 Å². The molecule has 0 spiro atoms. The van der Waals surface area contributed by atoms with Gasteiger partial charge in [-0.05, 0) is 44.7 Å². The highest BCUT2D eigenvalue weighted by molar-refractivity contribution is 4.89. The van der Waals surface area contributed by atoms with Gasteiger partial charge in [0, 0.05) is 38.8 Å². The van der Waals surface area contributed by atoms with E-state index in [1.54, 1.807) is 0 Å². The molecule has 4 heteroatoms. The van der Waals surface area contributed by atoms with Crippen LogP contribution in [-0.4, -0.2) is 64.1 Å². The quantitative estimate of drug-likeness (QED) is 0.781. The van der Waals surface area contributed by atoms with Crippen LogP contribution in [0, 0.1) is 11.3 Å². The molecule has 2 aliphatic heterocycles. The van der Waals surface area contributed by atoms with Gasteiger partial charge < -0.3 is 19.7 Å². The maximum atomic E-state index is 5.84. The van der Waals surface area contributed by atoms with E-state index in [1.165, 1.54) is 32.2 Å². The number of rotatable bonds is 7. The monoisotopic (exact) mass is 298 g/mol. The molecule has 1 N–H and O–H groups in total. The zero-order valence-corrected chi connectivity index (χ0v) is 14.2. The molecule has 4 nitrogen and oxygen atoms in total. The highest BCUT2D eigenvalue weighted by Crippen LogP contribution is 2.30. The molecule has 2 saturated heterocycles. The van der Waals surface area contributed by atoms with Crippen LogP contribution in [0.25, 0.3) is 0 Å². The van der Waals surface area contributed by atoms with Gasteiger partial charge in [0.05, 0.1) is 12.7 Å². The molecule has 21 heavy (non-hydrogen) atoms. The summed E-state index contributed by atoms with van der Waals surface area (Å²) in [5.74, 6) is 0.708. The van der Waals surface area contributed by atoms with E-state index in [9.17, 15) is 0 Å². The van der Waals surface area contributed by atoms with Crippen molar-refractivity contribution < 1.29 is 9.47 Å². The first-order valence-electron chi connectivity index (χ1n) is 8.67. The molecule has 2 aliphatic rings. The summed E-state index contributed by atoms with van der Waals surface area (Å²) in [7, 11) is 1.85. The molecule has 2 rings (SSSR count). The summed E-state index contributed by atoms with van der Waals surface area (Å²) in [4.78, 5) is 2.60. The first kappa shape index (κ1) is 17.2. The molecular weight excluding hydrogens is 264 g/mol. The normalized spacial score (nSPS) is 31.7. The number of hydrogen-bond donors (Lipinski definition) is 1. The van der Waals surface area contributed by atoms with Gasteiger partial charge in [0.1, 0.15) is 0 Å². The van der Waals surface area contributed by atoms with Crippen LogP contribution >= 0.6 is 0 Å². The third kappa shape index (κ3) is 5.51. The Labute approximate surface area is 130 Å². The molecular formula is C17H34N2O2. The van der Waals surface area contributed by atoms with Crippen molar-refractivity contribution in [3.05, 3.63) is 0 Å². The van der Waals surface area contributed by atoms with Crippen LogP contribution in [0.15, 0.2) is 0 Å². The topological polar surface area (TPSA) is 33.7 Å². The molecule has 0 saturated carbocycles. The fourth-order valence-corrected chi connectivity index (χ4v) is 3.68. The third-order valence-corrected chi connectivity index (χ3v) is 4.81. The van der Waals surface area contributed by atoms with E-state index in [-0.39, 0.29) is 0 Å². The Morgan fingerprint density at radius 1 is 1.38 bits per heavy atom. The zero-order valence-electron chi connectivity index (χ0n) is 14.2. The summed E-state index contributed by atoms with van der Waals surface area (Å²) < 4.78 is 11.4. The van der Waals surface area contributed by atoms with Gasteiger partial charge in [-0.3, -0.25) is 0 Å². The second-order valence-electron chi connectivity index (χ2n) is 7.42. The summed E-state index contributed by atoms with van der Waals surface area (Å²) in [5.41, 5.74) is 0.294. The zero-order chi connectivity index (χ0) is 15.1. The van der Waals surface area contributed by atoms with E-state index in [4.69, 9.17) is 9.47 Å². The van der Waals surface area contributed by atoms with Crippen LogP contribution in [0.1, 0.15) is 39.5 Å². The number of piperidine rings is 1. The average Bonchev–Trinajstić information content (AvgIpc) is 2.48. The number of nitrogens with zero attached hydrogens (tertiary/aromatic N) is 1. The molecule has 0 aliphatic carbocycles. The van der Waals surface area contributed by atoms with E-state index in [0.717, 1.165) is 39.4 Å². The van der Waals surface area contributed by atoms with Gasteiger partial charge >= 0.3 is 0 Å². The number of ether oxygens (including phenoxy) is 2. The van der Waals surface area contributed by atoms with Gasteiger partial charge in [-0.15, -0.1) is 0 Å². The van der Waals surface area contributed by atoms with Crippen molar-refractivity contribution in [2.75, 3.05) is 53.0 Å². The fourth-order valence-electron chi connectivity index (χ4n) is 3.68. The lowest BCUT2D eigenvalue weighted by atomic mass is 9.81. The van der Waals surface area contributed by atoms with Crippen molar-refractivity contribution in [2.24, 2.45) is 11.3 Å². The number of nitrogens with one attached hydrogen (secondary N) is 1. The molecule has 0 aromatic carbocycles. The predicted octanol–water partition coefficient (Wildman–Crippen LogP) is 2.14. The van der Waals surface area contributed by atoms with Crippen molar-refractivity contribution in [1.29, 1.82) is 0 Å². The van der Waals surface area contributed by atoms with Crippen LogP contribution in [0.2, 0.25) is 0 Å². The van der Waals surface area contributed by atoms with Gasteiger partial charge in [-0.2, -0.15) is 0 Å². The summed E-state index contributed by atoms with van der Waals surface area (Å²) in [6, 6.07) is 0. The van der Waals surface area contributed by atoms with Crippen molar-refractivity contribution >= 4 is 0 Å². The molecule has 2 heterocycles. The largest absolute Gasteiger partial charge is 0.381 e. The minimum absolute atomic E-state index is 0.294. The third-order valence-electron chi connectivity index (χ3n) is 4.81. The predicted molar refractivity (Wildman–Crippen MR) is 86.7 cm³/mol. The summed E-state index contributed by atoms with van der Waals surface area (Å²) >= 11 is 0. The average molecular weight is 298 g/mol. The van der Waals surface area contributed by atoms with E-state index in [2.05, 4.69) is 24.1 Å². The Morgan fingerprint density at radius 2 is 2.24 bits per heavy atom. The summed E-state index contributed by atoms with van der Waals surface area (Å²) in [5, 5.41) is 3.67. The van der Waals surface area contributed by atoms with Crippen molar-refractivity contribution in [1.82, 2.24) is 10.2 Å². The molecule has 0 aromatic rings. The molecule has 0 aromatic heterocycles. The van der Waals surface area contributed by atoms with E-state index >= 15 is 0 Å². The molecule has 0 radical (unpaired) electrons. The van der Waals surface area contributed by atoms with Crippen molar-refractivity contribution in [3.8, 4) is 0 Å². The lowest BCUT2D eigenvalue weighted by Crippen LogP contribution is -2.52. The van der Waals surface area contributed by atoms with E-state index < -0.39 is 0 Å². The summed E-state index contributed by atoms with van der Waals surface area (Å²) in [6.07, 6.45) is 5.37. The van der Waals surface area contributed by atoms with Gasteiger partial charge in [0.15, 0.2) is 0 Å². The Morgan fingerprint density at radius 3 is 2.90 bits per heavy atom. The molecule has 0 bridgehead atoms. The summed E-state index contributed by atoms with van der Waals surface area (Å²) in [6.45, 7) is 12.0.